The van der Waals surface area contributed by atoms with Crippen molar-refractivity contribution in [2.24, 2.45) is 7.05 Å². The fourth-order valence-corrected chi connectivity index (χ4v) is 1.85. The van der Waals surface area contributed by atoms with Gasteiger partial charge >= 0.3 is 0 Å². The number of nitrogens with zero attached hydrogens (tertiary/aromatic N) is 1. The molecule has 0 amide bonds. The molecule has 0 saturated heterocycles. The number of benzene rings is 1. The molecule has 1 heteroatoms. The number of rotatable bonds is 3. The largest absolute Gasteiger partial charge is 0.205 e. The van der Waals surface area contributed by atoms with Crippen molar-refractivity contribution in [1.29, 1.82) is 0 Å². The lowest BCUT2D eigenvalue weighted by Gasteiger charge is -2.01. The number of hydrogen-bond acceptors (Lipinski definition) is 0. The Labute approximate surface area is 97.4 Å². The highest BCUT2D eigenvalue weighted by Gasteiger charge is 2.04. The molecule has 0 N–H and O–H groups in total. The van der Waals surface area contributed by atoms with Gasteiger partial charge in [-0.15, -0.1) is 0 Å². The van der Waals surface area contributed by atoms with E-state index in [4.69, 9.17) is 0 Å². The first-order valence-corrected chi connectivity index (χ1v) is 5.75. The molecular weight excluding hydrogens is 194 g/mol. The quantitative estimate of drug-likeness (QED) is 0.689. The van der Waals surface area contributed by atoms with E-state index in [2.05, 4.69) is 67.2 Å². The molecule has 0 fully saturated rings. The van der Waals surface area contributed by atoms with Gasteiger partial charge in [-0.1, -0.05) is 35.9 Å². The molecule has 2 aromatic rings. The third-order valence-electron chi connectivity index (χ3n) is 2.95. The average molecular weight is 212 g/mol. The van der Waals surface area contributed by atoms with Crippen LogP contribution in [0.25, 0.3) is 0 Å². The summed E-state index contributed by atoms with van der Waals surface area (Å²) >= 11 is 0. The Hall–Kier alpha value is -1.63. The van der Waals surface area contributed by atoms with Gasteiger partial charge in [0.2, 0.25) is 0 Å². The number of hydrogen-bond donors (Lipinski definition) is 0. The maximum atomic E-state index is 2.22. The van der Waals surface area contributed by atoms with Crippen LogP contribution in [0.3, 0.4) is 0 Å². The molecule has 0 aliphatic heterocycles. The molecule has 0 radical (unpaired) electrons. The van der Waals surface area contributed by atoms with Gasteiger partial charge in [-0.05, 0) is 18.9 Å². The molecule has 0 spiro atoms. The van der Waals surface area contributed by atoms with Crippen LogP contribution in [0.1, 0.15) is 16.8 Å². The van der Waals surface area contributed by atoms with Crippen LogP contribution in [-0.2, 0) is 19.9 Å². The molecule has 1 heterocycles. The Morgan fingerprint density at radius 1 is 0.938 bits per heavy atom. The van der Waals surface area contributed by atoms with E-state index in [0.29, 0.717) is 0 Å². The maximum Gasteiger partial charge on any atom is 0.181 e. The van der Waals surface area contributed by atoms with E-state index in [0.717, 1.165) is 12.8 Å². The summed E-state index contributed by atoms with van der Waals surface area (Å²) in [5, 5.41) is 0. The molecule has 0 aliphatic rings. The van der Waals surface area contributed by atoms with E-state index in [9.17, 15) is 0 Å². The Balaban J connectivity index is 2.02. The van der Waals surface area contributed by atoms with Gasteiger partial charge in [-0.3, -0.25) is 0 Å². The summed E-state index contributed by atoms with van der Waals surface area (Å²) in [7, 11) is 2.10. The summed E-state index contributed by atoms with van der Waals surface area (Å²) in [6, 6.07) is 15.2. The number of pyridine rings is 1. The van der Waals surface area contributed by atoms with Crippen LogP contribution in [0.2, 0.25) is 0 Å². The highest BCUT2D eigenvalue weighted by molar-refractivity contribution is 5.21. The normalized spacial score (nSPS) is 10.4. The lowest BCUT2D eigenvalue weighted by Crippen LogP contribution is -2.32. The summed E-state index contributed by atoms with van der Waals surface area (Å²) in [4.78, 5) is 0. The van der Waals surface area contributed by atoms with Gasteiger partial charge < -0.3 is 0 Å². The predicted octanol–water partition coefficient (Wildman–Crippen LogP) is 2.60. The van der Waals surface area contributed by atoms with Gasteiger partial charge in [0.1, 0.15) is 7.05 Å². The van der Waals surface area contributed by atoms with Gasteiger partial charge in [0, 0.05) is 18.6 Å². The van der Waals surface area contributed by atoms with Crippen molar-refractivity contribution in [3.63, 3.8) is 0 Å². The van der Waals surface area contributed by atoms with Crippen LogP contribution in [0.5, 0.6) is 0 Å². The van der Waals surface area contributed by atoms with Crippen molar-refractivity contribution in [3.05, 3.63) is 65.5 Å². The van der Waals surface area contributed by atoms with Crippen molar-refractivity contribution in [1.82, 2.24) is 0 Å². The minimum Gasteiger partial charge on any atom is -0.205 e. The number of aryl methyl sites for hydroxylation is 4. The fourth-order valence-electron chi connectivity index (χ4n) is 1.85. The Morgan fingerprint density at radius 2 is 1.69 bits per heavy atom. The summed E-state index contributed by atoms with van der Waals surface area (Å²) in [6.07, 6.45) is 4.31. The zero-order valence-corrected chi connectivity index (χ0v) is 9.98. The zero-order chi connectivity index (χ0) is 11.4. The molecule has 82 valence electrons. The Kier molecular flexibility index (Phi) is 3.35. The third-order valence-corrected chi connectivity index (χ3v) is 2.95. The fraction of sp³-hybridized carbons (Fsp3) is 0.267. The Morgan fingerprint density at radius 3 is 2.38 bits per heavy atom. The van der Waals surface area contributed by atoms with Crippen LogP contribution < -0.4 is 4.57 Å². The first-order chi connectivity index (χ1) is 7.75. The SMILES string of the molecule is Cc1ccc(CCc2cccc[n+]2C)cc1. The van der Waals surface area contributed by atoms with Gasteiger partial charge in [0.25, 0.3) is 0 Å². The lowest BCUT2D eigenvalue weighted by atomic mass is 10.1. The second kappa shape index (κ2) is 4.93. The molecule has 16 heavy (non-hydrogen) atoms. The predicted molar refractivity (Wildman–Crippen MR) is 66.2 cm³/mol. The monoisotopic (exact) mass is 212 g/mol. The second-order valence-corrected chi connectivity index (χ2v) is 4.29. The van der Waals surface area contributed by atoms with Gasteiger partial charge in [-0.2, -0.15) is 0 Å². The van der Waals surface area contributed by atoms with Crippen LogP contribution in [0.4, 0.5) is 0 Å². The summed E-state index contributed by atoms with van der Waals surface area (Å²) < 4.78 is 2.19. The van der Waals surface area contributed by atoms with E-state index < -0.39 is 0 Å². The second-order valence-electron chi connectivity index (χ2n) is 4.29. The molecule has 1 aromatic carbocycles. The average Bonchev–Trinajstić information content (AvgIpc) is 2.30. The van der Waals surface area contributed by atoms with Crippen molar-refractivity contribution < 1.29 is 4.57 Å². The van der Waals surface area contributed by atoms with E-state index in [1.54, 1.807) is 0 Å². The molecule has 0 saturated carbocycles. The molecule has 0 bridgehead atoms. The minimum atomic E-state index is 1.10. The van der Waals surface area contributed by atoms with E-state index in [1.165, 1.54) is 16.8 Å². The molecule has 2 rings (SSSR count). The smallest absolute Gasteiger partial charge is 0.181 e. The van der Waals surface area contributed by atoms with Gasteiger partial charge in [0.05, 0.1) is 0 Å². The van der Waals surface area contributed by atoms with E-state index in [1.807, 2.05) is 0 Å². The van der Waals surface area contributed by atoms with Crippen LogP contribution in [-0.4, -0.2) is 0 Å². The molecule has 0 unspecified atom stereocenters. The van der Waals surface area contributed by atoms with Crippen molar-refractivity contribution in [2.75, 3.05) is 0 Å². The zero-order valence-electron chi connectivity index (χ0n) is 9.98. The van der Waals surface area contributed by atoms with Crippen molar-refractivity contribution in [2.45, 2.75) is 19.8 Å². The van der Waals surface area contributed by atoms with Crippen LogP contribution in [0.15, 0.2) is 48.7 Å². The minimum absolute atomic E-state index is 1.10. The standard InChI is InChI=1S/C15H18N/c1-13-6-8-14(9-7-13)10-11-15-5-3-4-12-16(15)2/h3-9,12H,10-11H2,1-2H3/q+1. The van der Waals surface area contributed by atoms with Crippen LogP contribution >= 0.6 is 0 Å². The van der Waals surface area contributed by atoms with Crippen molar-refractivity contribution in [3.8, 4) is 0 Å². The van der Waals surface area contributed by atoms with Crippen molar-refractivity contribution >= 4 is 0 Å². The highest BCUT2D eigenvalue weighted by atomic mass is 14.9. The number of aromatic nitrogens is 1. The molecule has 0 aliphatic carbocycles. The van der Waals surface area contributed by atoms with E-state index >= 15 is 0 Å². The van der Waals surface area contributed by atoms with Gasteiger partial charge in [0.15, 0.2) is 11.9 Å². The van der Waals surface area contributed by atoms with E-state index in [-0.39, 0.29) is 0 Å². The Bertz CT molecular complexity index is 457. The van der Waals surface area contributed by atoms with Crippen LogP contribution in [0, 0.1) is 6.92 Å². The van der Waals surface area contributed by atoms with Gasteiger partial charge in [-0.25, -0.2) is 4.57 Å². The topological polar surface area (TPSA) is 3.88 Å². The third kappa shape index (κ3) is 2.69. The maximum absolute atomic E-state index is 2.22. The summed E-state index contributed by atoms with van der Waals surface area (Å²) in [6.45, 7) is 2.13. The first-order valence-electron chi connectivity index (χ1n) is 5.75. The first kappa shape index (κ1) is 10.9. The molecular formula is C15H18N+. The summed E-state index contributed by atoms with van der Waals surface area (Å²) in [5.41, 5.74) is 4.12. The lowest BCUT2D eigenvalue weighted by molar-refractivity contribution is -0.679. The highest BCUT2D eigenvalue weighted by Crippen LogP contribution is 2.06. The molecule has 0 atom stereocenters. The molecule has 1 nitrogen and oxygen atoms in total. The summed E-state index contributed by atoms with van der Waals surface area (Å²) in [5.74, 6) is 0. The molecule has 1 aromatic heterocycles.